The molecule has 3 nitrogen and oxygen atoms in total. The van der Waals surface area contributed by atoms with Crippen molar-refractivity contribution in [2.75, 3.05) is 5.32 Å². The Bertz CT molecular complexity index is 443. The van der Waals surface area contributed by atoms with E-state index in [1.54, 1.807) is 0 Å². The molecule has 0 saturated carbocycles. The van der Waals surface area contributed by atoms with Gasteiger partial charge in [0.2, 0.25) is 5.91 Å². The highest BCUT2D eigenvalue weighted by molar-refractivity contribution is 6.34. The fourth-order valence-corrected chi connectivity index (χ4v) is 2.36. The van der Waals surface area contributed by atoms with Gasteiger partial charge < -0.3 is 11.1 Å². The van der Waals surface area contributed by atoms with Crippen molar-refractivity contribution in [2.24, 2.45) is 5.73 Å². The lowest BCUT2D eigenvalue weighted by atomic mass is 9.95. The Kier molecular flexibility index (Phi) is 2.91. The number of benzene rings is 1. The highest BCUT2D eigenvalue weighted by atomic mass is 35.5. The van der Waals surface area contributed by atoms with Crippen molar-refractivity contribution < 1.29 is 4.79 Å². The minimum atomic E-state index is -0.0915. The standard InChI is InChI=1S/C12H15ClN2O/c1-3-8-9-4-7(6(2)14)5-10(13)11(9)15-12(8)16/h4-6,8H,3,14H2,1-2H3,(H,15,16). The number of halogens is 1. The third-order valence-electron chi connectivity index (χ3n) is 3.02. The lowest BCUT2D eigenvalue weighted by Gasteiger charge is -2.11. The number of rotatable bonds is 2. The van der Waals surface area contributed by atoms with E-state index in [0.29, 0.717) is 5.02 Å². The van der Waals surface area contributed by atoms with Crippen LogP contribution in [-0.4, -0.2) is 5.91 Å². The van der Waals surface area contributed by atoms with Crippen molar-refractivity contribution in [3.8, 4) is 0 Å². The van der Waals surface area contributed by atoms with Gasteiger partial charge in [-0.25, -0.2) is 0 Å². The van der Waals surface area contributed by atoms with Gasteiger partial charge in [0.25, 0.3) is 0 Å². The van der Waals surface area contributed by atoms with E-state index < -0.39 is 0 Å². The van der Waals surface area contributed by atoms with Crippen LogP contribution in [-0.2, 0) is 4.79 Å². The molecule has 16 heavy (non-hydrogen) atoms. The number of fused-ring (bicyclic) bond motifs is 1. The molecule has 1 aliphatic heterocycles. The van der Waals surface area contributed by atoms with Crippen LogP contribution < -0.4 is 11.1 Å². The molecule has 0 aliphatic carbocycles. The van der Waals surface area contributed by atoms with Gasteiger partial charge in [-0.1, -0.05) is 24.6 Å². The van der Waals surface area contributed by atoms with Crippen LogP contribution >= 0.6 is 11.6 Å². The molecule has 1 aliphatic rings. The predicted octanol–water partition coefficient (Wildman–Crippen LogP) is 2.81. The predicted molar refractivity (Wildman–Crippen MR) is 65.7 cm³/mol. The summed E-state index contributed by atoms with van der Waals surface area (Å²) in [7, 11) is 0. The van der Waals surface area contributed by atoms with E-state index in [4.69, 9.17) is 17.3 Å². The van der Waals surface area contributed by atoms with E-state index in [1.807, 2.05) is 26.0 Å². The molecule has 1 aromatic rings. The summed E-state index contributed by atoms with van der Waals surface area (Å²) in [6.07, 6.45) is 0.775. The quantitative estimate of drug-likeness (QED) is 0.833. The average molecular weight is 239 g/mol. The zero-order valence-corrected chi connectivity index (χ0v) is 10.1. The highest BCUT2D eigenvalue weighted by Gasteiger charge is 2.31. The number of nitrogens with one attached hydrogen (secondary N) is 1. The monoisotopic (exact) mass is 238 g/mol. The lowest BCUT2D eigenvalue weighted by Crippen LogP contribution is -2.10. The Morgan fingerprint density at radius 1 is 1.56 bits per heavy atom. The molecule has 0 bridgehead atoms. The topological polar surface area (TPSA) is 55.1 Å². The summed E-state index contributed by atoms with van der Waals surface area (Å²) in [4.78, 5) is 11.7. The molecule has 0 fully saturated rings. The largest absolute Gasteiger partial charge is 0.324 e. The fraction of sp³-hybridized carbons (Fsp3) is 0.417. The van der Waals surface area contributed by atoms with Gasteiger partial charge in [-0.3, -0.25) is 4.79 Å². The molecule has 1 amide bonds. The minimum absolute atomic E-state index is 0.0289. The van der Waals surface area contributed by atoms with Gasteiger partial charge in [0.05, 0.1) is 16.6 Å². The first-order valence-electron chi connectivity index (χ1n) is 5.44. The zero-order chi connectivity index (χ0) is 11.9. The number of anilines is 1. The molecule has 1 aromatic carbocycles. The van der Waals surface area contributed by atoms with Crippen LogP contribution in [0, 0.1) is 0 Å². The molecule has 86 valence electrons. The SMILES string of the molecule is CCC1C(=O)Nc2c(Cl)cc(C(C)N)cc21. The minimum Gasteiger partial charge on any atom is -0.324 e. The maximum absolute atomic E-state index is 11.7. The summed E-state index contributed by atoms with van der Waals surface area (Å²) >= 11 is 6.14. The van der Waals surface area contributed by atoms with Crippen molar-refractivity contribution in [3.05, 3.63) is 28.3 Å². The number of amides is 1. The third kappa shape index (κ3) is 1.70. The second-order valence-corrected chi connectivity index (χ2v) is 4.61. The van der Waals surface area contributed by atoms with Crippen molar-refractivity contribution in [1.82, 2.24) is 0 Å². The van der Waals surface area contributed by atoms with Crippen molar-refractivity contribution in [3.63, 3.8) is 0 Å². The van der Waals surface area contributed by atoms with Gasteiger partial charge in [-0.05, 0) is 30.5 Å². The molecule has 1 heterocycles. The van der Waals surface area contributed by atoms with Crippen molar-refractivity contribution in [2.45, 2.75) is 32.2 Å². The second-order valence-electron chi connectivity index (χ2n) is 4.21. The van der Waals surface area contributed by atoms with E-state index in [9.17, 15) is 4.79 Å². The van der Waals surface area contributed by atoms with E-state index in [2.05, 4.69) is 5.32 Å². The molecule has 0 radical (unpaired) electrons. The smallest absolute Gasteiger partial charge is 0.232 e. The van der Waals surface area contributed by atoms with Crippen LogP contribution in [0.1, 0.15) is 43.4 Å². The molecular weight excluding hydrogens is 224 g/mol. The first-order valence-corrected chi connectivity index (χ1v) is 5.82. The van der Waals surface area contributed by atoms with Crippen LogP contribution in [0.2, 0.25) is 5.02 Å². The number of hydrogen-bond donors (Lipinski definition) is 2. The number of carbonyl (C=O) groups is 1. The normalized spacial score (nSPS) is 20.5. The van der Waals surface area contributed by atoms with Crippen LogP contribution in [0.15, 0.2) is 12.1 Å². The van der Waals surface area contributed by atoms with Crippen LogP contribution in [0.25, 0.3) is 0 Å². The van der Waals surface area contributed by atoms with Crippen molar-refractivity contribution in [1.29, 1.82) is 0 Å². The lowest BCUT2D eigenvalue weighted by molar-refractivity contribution is -0.117. The molecule has 2 atom stereocenters. The fourth-order valence-electron chi connectivity index (χ4n) is 2.08. The molecule has 3 N–H and O–H groups in total. The first kappa shape index (κ1) is 11.4. The Balaban J connectivity index is 2.55. The van der Waals surface area contributed by atoms with Gasteiger partial charge in [0, 0.05) is 6.04 Å². The van der Waals surface area contributed by atoms with Gasteiger partial charge in [-0.15, -0.1) is 0 Å². The molecule has 0 saturated heterocycles. The summed E-state index contributed by atoms with van der Waals surface area (Å²) in [5, 5.41) is 3.40. The maximum Gasteiger partial charge on any atom is 0.232 e. The number of carbonyl (C=O) groups excluding carboxylic acids is 1. The van der Waals surface area contributed by atoms with E-state index in [1.165, 1.54) is 0 Å². The number of hydrogen-bond acceptors (Lipinski definition) is 2. The van der Waals surface area contributed by atoms with E-state index in [0.717, 1.165) is 23.2 Å². The Labute approximate surface area is 100.0 Å². The summed E-state index contributed by atoms with van der Waals surface area (Å²) in [6, 6.07) is 3.73. The van der Waals surface area contributed by atoms with Crippen LogP contribution in [0.4, 0.5) is 5.69 Å². The average Bonchev–Trinajstić information content (AvgIpc) is 2.54. The van der Waals surface area contributed by atoms with Crippen LogP contribution in [0.5, 0.6) is 0 Å². The highest BCUT2D eigenvalue weighted by Crippen LogP contribution is 2.40. The molecule has 0 spiro atoms. The molecule has 2 rings (SSSR count). The van der Waals surface area contributed by atoms with Gasteiger partial charge in [0.1, 0.15) is 0 Å². The summed E-state index contributed by atoms with van der Waals surface area (Å²) in [5.41, 5.74) is 8.54. The second kappa shape index (κ2) is 4.07. The zero-order valence-electron chi connectivity index (χ0n) is 9.38. The summed E-state index contributed by atoms with van der Waals surface area (Å²) < 4.78 is 0. The van der Waals surface area contributed by atoms with E-state index in [-0.39, 0.29) is 17.9 Å². The van der Waals surface area contributed by atoms with Crippen LogP contribution in [0.3, 0.4) is 0 Å². The Morgan fingerprint density at radius 3 is 2.81 bits per heavy atom. The van der Waals surface area contributed by atoms with Gasteiger partial charge in [-0.2, -0.15) is 0 Å². The van der Waals surface area contributed by atoms with Gasteiger partial charge in [0.15, 0.2) is 0 Å². The maximum atomic E-state index is 11.7. The summed E-state index contributed by atoms with van der Waals surface area (Å²) in [5.74, 6) is -0.0626. The first-order chi connectivity index (χ1) is 7.54. The summed E-state index contributed by atoms with van der Waals surface area (Å²) in [6.45, 7) is 3.90. The molecule has 2 unspecified atom stereocenters. The van der Waals surface area contributed by atoms with Gasteiger partial charge >= 0.3 is 0 Å². The van der Waals surface area contributed by atoms with Crippen molar-refractivity contribution >= 4 is 23.2 Å². The number of nitrogens with two attached hydrogens (primary N) is 1. The molecule has 0 aromatic heterocycles. The molecule has 4 heteroatoms. The Hall–Kier alpha value is -1.06. The molecular formula is C12H15ClN2O. The third-order valence-corrected chi connectivity index (χ3v) is 3.32. The van der Waals surface area contributed by atoms with E-state index >= 15 is 0 Å². The Morgan fingerprint density at radius 2 is 2.25 bits per heavy atom.